The van der Waals surface area contributed by atoms with Crippen molar-refractivity contribution < 1.29 is 34.1 Å². The number of fused-ring (bicyclic) bond motifs is 2. The number of hydrogen-bond acceptors (Lipinski definition) is 9. The van der Waals surface area contributed by atoms with Crippen LogP contribution in [0.1, 0.15) is 47.5 Å². The molecule has 2 fully saturated rings. The molecule has 266 valence electrons. The molecule has 0 bridgehead atoms. The monoisotopic (exact) mass is 721 g/mol. The predicted molar refractivity (Wildman–Crippen MR) is 174 cm³/mol. The lowest BCUT2D eigenvalue weighted by Gasteiger charge is -2.40. The second-order valence-corrected chi connectivity index (χ2v) is 15.1. The fourth-order valence-electron chi connectivity index (χ4n) is 6.60. The summed E-state index contributed by atoms with van der Waals surface area (Å²) >= 11 is 0. The Labute approximate surface area is 281 Å². The number of aryl methyl sites for hydroxylation is 1. The number of nitrogens with zero attached hydrogens (tertiary/aromatic N) is 8. The van der Waals surface area contributed by atoms with Crippen molar-refractivity contribution in [2.75, 3.05) is 36.4 Å². The zero-order valence-electron chi connectivity index (χ0n) is 26.8. The van der Waals surface area contributed by atoms with Crippen LogP contribution in [0.3, 0.4) is 0 Å². The minimum Gasteiger partial charge on any atom is -0.504 e. The highest BCUT2D eigenvalue weighted by Crippen LogP contribution is 3.02. The number of carbonyl (C=O) groups is 2. The van der Waals surface area contributed by atoms with Gasteiger partial charge in [0, 0.05) is 31.9 Å². The van der Waals surface area contributed by atoms with Gasteiger partial charge in [-0.2, -0.15) is 9.50 Å². The van der Waals surface area contributed by atoms with Gasteiger partial charge in [0.25, 0.3) is 11.5 Å². The Kier molecular flexibility index (Phi) is 7.33. The van der Waals surface area contributed by atoms with Gasteiger partial charge < -0.3 is 24.8 Å². The van der Waals surface area contributed by atoms with Crippen molar-refractivity contribution in [1.29, 1.82) is 0 Å². The number of rotatable bonds is 8. The van der Waals surface area contributed by atoms with E-state index in [1.807, 2.05) is 0 Å². The summed E-state index contributed by atoms with van der Waals surface area (Å²) in [4.78, 5) is 54.4. The zero-order chi connectivity index (χ0) is 35.8. The molecule has 7 rings (SSSR count). The van der Waals surface area contributed by atoms with E-state index in [2.05, 4.69) is 31.4 Å². The van der Waals surface area contributed by atoms with Gasteiger partial charge in [-0.25, -0.2) is 9.97 Å². The quantitative estimate of drug-likeness (QED) is 0.241. The third kappa shape index (κ3) is 6.13. The minimum absolute atomic E-state index is 0.0851. The van der Waals surface area contributed by atoms with Crippen LogP contribution in [0.4, 0.5) is 30.8 Å². The van der Waals surface area contributed by atoms with Gasteiger partial charge in [0.2, 0.25) is 11.7 Å². The van der Waals surface area contributed by atoms with E-state index >= 15 is 0 Å². The van der Waals surface area contributed by atoms with E-state index in [1.54, 1.807) is 18.7 Å². The first-order valence-corrected chi connectivity index (χ1v) is 17.8. The van der Waals surface area contributed by atoms with Crippen LogP contribution in [-0.4, -0.2) is 77.1 Å². The van der Waals surface area contributed by atoms with Crippen LogP contribution >= 0.6 is 10.2 Å². The number of anilines is 2. The van der Waals surface area contributed by atoms with Gasteiger partial charge in [-0.3, -0.25) is 14.4 Å². The summed E-state index contributed by atoms with van der Waals surface area (Å²) in [6.45, 7) is 3.68. The largest absolute Gasteiger partial charge is 0.504 e. The molecule has 4 heterocycles. The lowest BCUT2D eigenvalue weighted by atomic mass is 10.2. The number of allylic oxidation sites excluding steroid dienone is 2. The Morgan fingerprint density at radius 3 is 2.36 bits per heavy atom. The SMILES string of the molecule is CCc1c(N2CCN(C(=O)c3ncnc(C)c3O)CC2)c(=O)n2nc(C3=C[C@@H]4C[C@@H]4C3)nc2n1CC(=O)Nc1ccc(S(F)(F)(F)(F)F)cc1. The summed E-state index contributed by atoms with van der Waals surface area (Å²) in [7, 11) is -9.90. The van der Waals surface area contributed by atoms with E-state index in [4.69, 9.17) is 0 Å². The third-order valence-electron chi connectivity index (χ3n) is 9.30. The normalized spacial score (nSPS) is 20.3. The zero-order valence-corrected chi connectivity index (χ0v) is 27.6. The van der Waals surface area contributed by atoms with Crippen molar-refractivity contribution in [3.05, 3.63) is 69.9 Å². The Bertz CT molecular complexity index is 2160. The Morgan fingerprint density at radius 1 is 1.04 bits per heavy atom. The van der Waals surface area contributed by atoms with Gasteiger partial charge >= 0.3 is 10.2 Å². The molecule has 1 aliphatic heterocycles. The number of carbonyl (C=O) groups excluding carboxylic acids is 2. The topological polar surface area (TPSA) is 151 Å². The molecule has 3 aromatic heterocycles. The van der Waals surface area contributed by atoms with Crippen molar-refractivity contribution in [2.45, 2.75) is 44.6 Å². The molecule has 0 spiro atoms. The molecule has 0 unspecified atom stereocenters. The average molecular weight is 722 g/mol. The number of amides is 2. The summed E-state index contributed by atoms with van der Waals surface area (Å²) in [6.07, 6.45) is 5.38. The number of benzene rings is 1. The molecule has 2 amide bonds. The van der Waals surface area contributed by atoms with Crippen LogP contribution in [0.5, 0.6) is 5.75 Å². The minimum atomic E-state index is -9.90. The van der Waals surface area contributed by atoms with Gasteiger partial charge in [0.15, 0.2) is 17.3 Å². The second-order valence-electron chi connectivity index (χ2n) is 12.7. The molecule has 2 N–H and O–H groups in total. The van der Waals surface area contributed by atoms with Gasteiger partial charge in [0.05, 0.1) is 11.4 Å². The first kappa shape index (κ1) is 33.4. The van der Waals surface area contributed by atoms with Crippen LogP contribution < -0.4 is 15.8 Å². The molecule has 19 heteroatoms. The fourth-order valence-corrected chi connectivity index (χ4v) is 7.25. The van der Waals surface area contributed by atoms with E-state index in [-0.39, 0.29) is 79.0 Å². The van der Waals surface area contributed by atoms with Crippen LogP contribution in [0.15, 0.2) is 46.4 Å². The van der Waals surface area contributed by atoms with E-state index in [9.17, 15) is 38.9 Å². The molecular weight excluding hydrogens is 689 g/mol. The molecule has 1 saturated heterocycles. The van der Waals surface area contributed by atoms with Gasteiger partial charge in [-0.15, -0.1) is 5.10 Å². The lowest BCUT2D eigenvalue weighted by Crippen LogP contribution is -2.51. The molecule has 0 radical (unpaired) electrons. The first-order valence-electron chi connectivity index (χ1n) is 15.8. The molecule has 1 saturated carbocycles. The summed E-state index contributed by atoms with van der Waals surface area (Å²) in [5.74, 6) is -0.122. The summed E-state index contributed by atoms with van der Waals surface area (Å²) in [5.41, 5.74) is 1.06. The van der Waals surface area contributed by atoms with E-state index in [0.717, 1.165) is 35.1 Å². The van der Waals surface area contributed by atoms with E-state index in [0.29, 0.717) is 23.4 Å². The lowest BCUT2D eigenvalue weighted by molar-refractivity contribution is -0.116. The van der Waals surface area contributed by atoms with Crippen LogP contribution in [0, 0.1) is 18.8 Å². The highest BCUT2D eigenvalue weighted by molar-refractivity contribution is 8.45. The number of nitrogens with one attached hydrogen (secondary N) is 1. The van der Waals surface area contributed by atoms with E-state index < -0.39 is 39.0 Å². The molecule has 3 aliphatic rings. The molecule has 2 atom stereocenters. The van der Waals surface area contributed by atoms with Crippen molar-refractivity contribution >= 4 is 44.8 Å². The molecule has 1 aromatic carbocycles. The molecule has 2 aliphatic carbocycles. The number of hydrogen-bond donors (Lipinski definition) is 2. The maximum absolute atomic E-state index is 14.1. The Morgan fingerprint density at radius 2 is 1.74 bits per heavy atom. The van der Waals surface area contributed by atoms with Crippen LogP contribution in [0.25, 0.3) is 11.4 Å². The Hall–Kier alpha value is -5.07. The fraction of sp³-hybridized carbons (Fsp3) is 0.387. The van der Waals surface area contributed by atoms with Crippen LogP contribution in [-0.2, 0) is 17.8 Å². The van der Waals surface area contributed by atoms with Crippen molar-refractivity contribution in [2.24, 2.45) is 11.8 Å². The van der Waals surface area contributed by atoms with Crippen molar-refractivity contribution in [1.82, 2.24) is 34.0 Å². The molecule has 50 heavy (non-hydrogen) atoms. The second kappa shape index (κ2) is 11.0. The molecule has 4 aromatic rings. The smallest absolute Gasteiger partial charge is 0.310 e. The predicted octanol–water partition coefficient (Wildman–Crippen LogP) is 4.94. The van der Waals surface area contributed by atoms with Gasteiger partial charge in [-0.05, 0) is 67.9 Å². The highest BCUT2D eigenvalue weighted by atomic mass is 32.5. The maximum Gasteiger partial charge on any atom is 0.310 e. The standard InChI is InChI=1S/C31H32F5N9O4S/c1-3-23-26(42-8-10-43(11-9-42)29(48)25-27(47)17(2)37-16-38-25)30(49)45-31(40-28(41-45)20-13-18-12-19(18)14-20)44(23)15-24(46)39-21-4-6-22(7-5-21)50(32,33,34,35)36/h4-7,13,16,18-19,47H,3,8-12,14-15H2,1-2H3,(H,39,46)/t18-,19+/m0/s1. The van der Waals surface area contributed by atoms with Gasteiger partial charge in [-0.1, -0.05) is 32.4 Å². The van der Waals surface area contributed by atoms with E-state index in [1.165, 1.54) is 15.8 Å². The van der Waals surface area contributed by atoms with Crippen molar-refractivity contribution in [3.8, 4) is 5.75 Å². The van der Waals surface area contributed by atoms with Crippen LogP contribution in [0.2, 0.25) is 0 Å². The number of halogens is 5. The number of aromatic hydroxyl groups is 1. The summed E-state index contributed by atoms with van der Waals surface area (Å²) < 4.78 is 68.7. The van der Waals surface area contributed by atoms with Crippen molar-refractivity contribution in [3.63, 3.8) is 0 Å². The first-order chi connectivity index (χ1) is 23.4. The van der Waals surface area contributed by atoms with Gasteiger partial charge in [0.1, 0.15) is 23.5 Å². The number of aromatic nitrogens is 6. The summed E-state index contributed by atoms with van der Waals surface area (Å²) in [5, 5.41) is 17.3. The molecule has 13 nitrogen and oxygen atoms in total. The third-order valence-corrected chi connectivity index (χ3v) is 10.5. The number of piperazine rings is 1. The average Bonchev–Trinajstić information content (AvgIpc) is 3.43. The summed E-state index contributed by atoms with van der Waals surface area (Å²) in [6, 6.07) is 1.92. The maximum atomic E-state index is 14.1. The molecular formula is C31H32F5N9O4S. The Balaban J connectivity index is 1.21. The highest BCUT2D eigenvalue weighted by Gasteiger charge is 2.65.